The van der Waals surface area contributed by atoms with Crippen molar-refractivity contribution in [1.29, 1.82) is 0 Å². The summed E-state index contributed by atoms with van der Waals surface area (Å²) in [6.07, 6.45) is 8.41. The monoisotopic (exact) mass is 412 g/mol. The predicted octanol–water partition coefficient (Wildman–Crippen LogP) is 5.09. The van der Waals surface area contributed by atoms with E-state index in [9.17, 15) is 14.5 Å². The zero-order valence-electron chi connectivity index (χ0n) is 16.4. The van der Waals surface area contributed by atoms with Crippen molar-refractivity contribution in [2.75, 3.05) is 13.2 Å². The van der Waals surface area contributed by atoms with Gasteiger partial charge in [-0.15, -0.1) is 0 Å². The minimum Gasteiger partial charge on any atom is -0.462 e. The van der Waals surface area contributed by atoms with Crippen LogP contribution in [0.15, 0.2) is 29.2 Å². The van der Waals surface area contributed by atoms with Gasteiger partial charge in [0.25, 0.3) is 0 Å². The first-order chi connectivity index (χ1) is 13.5. The molecule has 1 rings (SSSR count). The molecule has 1 aromatic rings. The number of ether oxygens (including phenoxy) is 1. The van der Waals surface area contributed by atoms with E-state index in [0.29, 0.717) is 23.5 Å². The third-order valence-corrected chi connectivity index (χ3v) is 5.09. The van der Waals surface area contributed by atoms with E-state index >= 15 is 0 Å². The van der Waals surface area contributed by atoms with Crippen molar-refractivity contribution in [2.24, 2.45) is 0 Å². The maximum atomic E-state index is 12.2. The quantitative estimate of drug-likeness (QED) is 0.185. The van der Waals surface area contributed by atoms with Crippen LogP contribution in [0.1, 0.15) is 75.1 Å². The van der Waals surface area contributed by atoms with Crippen molar-refractivity contribution in [3.05, 3.63) is 34.7 Å². The fourth-order valence-corrected chi connectivity index (χ4v) is 3.58. The summed E-state index contributed by atoms with van der Waals surface area (Å²) in [6, 6.07) is 7.03. The second-order valence-electron chi connectivity index (χ2n) is 6.34. The van der Waals surface area contributed by atoms with Crippen LogP contribution < -0.4 is 0 Å². The Hall–Kier alpha value is -2.09. The lowest BCUT2D eigenvalue weighted by molar-refractivity contribution is -0.975. The first-order valence-electron chi connectivity index (χ1n) is 9.80. The van der Waals surface area contributed by atoms with Gasteiger partial charge >= 0.3 is 11.1 Å². The smallest absolute Gasteiger partial charge is 0.462 e. The highest BCUT2D eigenvalue weighted by Crippen LogP contribution is 2.26. The largest absolute Gasteiger partial charge is 0.475 e. The first-order valence-corrected chi connectivity index (χ1v) is 10.6. The molecule has 0 atom stereocenters. The van der Waals surface area contributed by atoms with E-state index in [1.165, 1.54) is 0 Å². The molecule has 0 aliphatic rings. The Labute approximate surface area is 170 Å². The summed E-state index contributed by atoms with van der Waals surface area (Å²) in [5.74, 6) is -0.397. The second-order valence-corrected chi connectivity index (χ2v) is 7.44. The Balaban J connectivity index is 2.12. The van der Waals surface area contributed by atoms with Crippen LogP contribution >= 0.6 is 11.8 Å². The fourth-order valence-electron chi connectivity index (χ4n) is 2.68. The second kappa shape index (κ2) is 14.9. The van der Waals surface area contributed by atoms with Gasteiger partial charge in [-0.2, -0.15) is 4.84 Å². The molecule has 1 aromatic carbocycles. The Morgan fingerprint density at radius 1 is 1.00 bits per heavy atom. The molecule has 0 bridgehead atoms. The van der Waals surface area contributed by atoms with Crippen LogP contribution in [0, 0.1) is 4.91 Å². The van der Waals surface area contributed by atoms with Crippen LogP contribution in [0.25, 0.3) is 0 Å². The summed E-state index contributed by atoms with van der Waals surface area (Å²) in [7, 11) is 0. The van der Waals surface area contributed by atoms with Gasteiger partial charge in [0.2, 0.25) is 0 Å². The number of hydrogen-bond donors (Lipinski definition) is 1. The van der Waals surface area contributed by atoms with Crippen LogP contribution in [-0.4, -0.2) is 34.6 Å². The predicted molar refractivity (Wildman–Crippen MR) is 106 cm³/mol. The number of thioether (sulfide) groups is 1. The normalized spacial score (nSPS) is 10.5. The number of carbonyl (C=O) groups excluding carboxylic acids is 2. The van der Waals surface area contributed by atoms with E-state index in [-0.39, 0.29) is 11.7 Å². The summed E-state index contributed by atoms with van der Waals surface area (Å²) < 4.78 is 5.03. The Kier molecular flexibility index (Phi) is 12.7. The van der Waals surface area contributed by atoms with E-state index < -0.39 is 11.1 Å². The SMILES string of the molecule is CCOC(=O)c1ccccc1SC(=O)CCCCCCCCCCO[N+](=O)O. The van der Waals surface area contributed by atoms with Crippen LogP contribution in [0.5, 0.6) is 0 Å². The standard InChI is InChI=1S/C20H30NO6S/c1-2-26-20(23)17-13-10-11-14-18(17)28-19(22)15-9-7-5-3-4-6-8-12-16-27-21(24)25/h10-11,13-14H,2-9,12,15-16H2,1H3,(H,24,25)/q+1. The van der Waals surface area contributed by atoms with Gasteiger partial charge < -0.3 is 4.74 Å². The lowest BCUT2D eigenvalue weighted by Crippen LogP contribution is -2.06. The van der Waals surface area contributed by atoms with E-state index in [2.05, 4.69) is 4.84 Å². The third-order valence-electron chi connectivity index (χ3n) is 4.08. The van der Waals surface area contributed by atoms with Gasteiger partial charge in [0, 0.05) is 11.3 Å². The fraction of sp³-hybridized carbons (Fsp3) is 0.600. The summed E-state index contributed by atoms with van der Waals surface area (Å²) in [5.41, 5.74) is 0.440. The van der Waals surface area contributed by atoms with Crippen molar-refractivity contribution < 1.29 is 29.5 Å². The third kappa shape index (κ3) is 10.9. The number of unbranched alkanes of at least 4 members (excludes halogenated alkanes) is 7. The topological polar surface area (TPSA) is 92.9 Å². The molecule has 156 valence electrons. The van der Waals surface area contributed by atoms with E-state index in [0.717, 1.165) is 63.1 Å². The Bertz CT molecular complexity index is 622. The molecule has 28 heavy (non-hydrogen) atoms. The molecule has 0 amide bonds. The minimum absolute atomic E-state index is 0.0630. The average Bonchev–Trinajstić information content (AvgIpc) is 2.66. The number of benzene rings is 1. The maximum Gasteiger partial charge on any atom is 0.475 e. The molecular weight excluding hydrogens is 382 g/mol. The molecule has 8 heteroatoms. The van der Waals surface area contributed by atoms with Gasteiger partial charge in [-0.25, -0.2) is 10.0 Å². The van der Waals surface area contributed by atoms with Crippen LogP contribution in [0.4, 0.5) is 0 Å². The summed E-state index contributed by atoms with van der Waals surface area (Å²) in [5, 5.41) is 7.82. The van der Waals surface area contributed by atoms with Gasteiger partial charge in [-0.3, -0.25) is 4.79 Å². The first kappa shape index (κ1) is 23.9. The average molecular weight is 413 g/mol. The number of carbonyl (C=O) groups is 2. The molecule has 0 saturated heterocycles. The number of nitrogens with zero attached hydrogens (tertiary/aromatic N) is 1. The molecule has 0 unspecified atom stereocenters. The molecule has 0 radical (unpaired) electrons. The van der Waals surface area contributed by atoms with Crippen molar-refractivity contribution >= 4 is 22.8 Å². The Morgan fingerprint density at radius 2 is 1.61 bits per heavy atom. The molecule has 0 aliphatic heterocycles. The van der Waals surface area contributed by atoms with Gasteiger partial charge in [0.05, 0.1) is 12.2 Å². The van der Waals surface area contributed by atoms with Gasteiger partial charge in [-0.05, 0) is 38.3 Å². The van der Waals surface area contributed by atoms with E-state index in [4.69, 9.17) is 9.94 Å². The molecule has 0 heterocycles. The van der Waals surface area contributed by atoms with Crippen molar-refractivity contribution in [3.8, 4) is 0 Å². The highest BCUT2D eigenvalue weighted by Gasteiger charge is 2.15. The van der Waals surface area contributed by atoms with Crippen LogP contribution in [0.2, 0.25) is 0 Å². The van der Waals surface area contributed by atoms with E-state index in [1.807, 2.05) is 6.07 Å². The molecule has 0 spiro atoms. The number of esters is 1. The zero-order valence-corrected chi connectivity index (χ0v) is 17.2. The van der Waals surface area contributed by atoms with Gasteiger partial charge in [0.1, 0.15) is 4.91 Å². The lowest BCUT2D eigenvalue weighted by Gasteiger charge is -2.07. The van der Waals surface area contributed by atoms with Crippen molar-refractivity contribution in [3.63, 3.8) is 0 Å². The summed E-state index contributed by atoms with van der Waals surface area (Å²) >= 11 is 1.11. The highest BCUT2D eigenvalue weighted by molar-refractivity contribution is 8.13. The van der Waals surface area contributed by atoms with Crippen LogP contribution in [0.3, 0.4) is 0 Å². The highest BCUT2D eigenvalue weighted by atomic mass is 32.2. The van der Waals surface area contributed by atoms with Gasteiger partial charge in [0.15, 0.2) is 11.7 Å². The Morgan fingerprint density at radius 3 is 2.25 bits per heavy atom. The van der Waals surface area contributed by atoms with Crippen molar-refractivity contribution in [2.45, 2.75) is 69.6 Å². The molecule has 0 aromatic heterocycles. The molecule has 0 aliphatic carbocycles. The molecule has 0 saturated carbocycles. The zero-order chi connectivity index (χ0) is 20.6. The number of rotatable bonds is 15. The summed E-state index contributed by atoms with van der Waals surface area (Å²) in [4.78, 5) is 39.3. The minimum atomic E-state index is -0.505. The lowest BCUT2D eigenvalue weighted by atomic mass is 10.1. The molecule has 1 N–H and O–H groups in total. The van der Waals surface area contributed by atoms with Crippen molar-refractivity contribution in [1.82, 2.24) is 0 Å². The van der Waals surface area contributed by atoms with E-state index in [1.54, 1.807) is 25.1 Å². The molecular formula is C20H30NO6S+. The van der Waals surface area contributed by atoms with Crippen LogP contribution in [-0.2, 0) is 14.4 Å². The number of hydrogen-bond acceptors (Lipinski definition) is 6. The maximum absolute atomic E-state index is 12.2. The summed E-state index contributed by atoms with van der Waals surface area (Å²) in [6.45, 7) is 2.30. The van der Waals surface area contributed by atoms with Gasteiger partial charge in [-0.1, -0.05) is 56.0 Å². The molecule has 7 nitrogen and oxygen atoms in total. The molecule has 0 fully saturated rings.